The number of rotatable bonds is 4. The van der Waals surface area contributed by atoms with Gasteiger partial charge < -0.3 is 14.6 Å². The van der Waals surface area contributed by atoms with Crippen LogP contribution in [0.25, 0.3) is 12.8 Å². The van der Waals surface area contributed by atoms with E-state index in [0.717, 1.165) is 18.7 Å². The molecular weight excluding hydrogens is 321 g/mol. The van der Waals surface area contributed by atoms with Gasteiger partial charge in [0.15, 0.2) is 17.3 Å². The van der Waals surface area contributed by atoms with Crippen LogP contribution in [-0.2, 0) is 7.05 Å². The minimum atomic E-state index is -0.528. The quantitative estimate of drug-likeness (QED) is 0.679. The predicted molar refractivity (Wildman–Crippen MR) is 96.7 cm³/mol. The second-order valence-corrected chi connectivity index (χ2v) is 6.04. The molecule has 1 N–H and O–H groups in total. The van der Waals surface area contributed by atoms with Crippen LogP contribution >= 0.6 is 0 Å². The summed E-state index contributed by atoms with van der Waals surface area (Å²) in [5.74, 6) is 0.304. The Bertz CT molecular complexity index is 991. The molecule has 1 aliphatic carbocycles. The van der Waals surface area contributed by atoms with Crippen LogP contribution in [0.15, 0.2) is 40.1 Å². The van der Waals surface area contributed by atoms with Crippen molar-refractivity contribution in [2.75, 3.05) is 0 Å². The number of aromatic nitrogens is 1. The number of hydrogen-bond acceptors (Lipinski definition) is 3. The van der Waals surface area contributed by atoms with E-state index < -0.39 is 5.82 Å². The van der Waals surface area contributed by atoms with Crippen molar-refractivity contribution in [2.45, 2.75) is 25.8 Å². The summed E-state index contributed by atoms with van der Waals surface area (Å²) < 4.78 is 20.6. The Kier molecular flexibility index (Phi) is 4.70. The number of nitrogens with zero attached hydrogens (tertiary/aromatic N) is 2. The molecule has 0 aliphatic heterocycles. The molecule has 1 aromatic heterocycles. The molecular formula is C19H20FN3O2. The highest BCUT2D eigenvalue weighted by Crippen LogP contribution is 2.23. The molecule has 3 rings (SSSR count). The molecule has 1 heterocycles. The molecule has 0 bridgehead atoms. The van der Waals surface area contributed by atoms with E-state index in [-0.39, 0.29) is 17.1 Å². The molecule has 1 aromatic carbocycles. The third kappa shape index (κ3) is 3.96. The van der Waals surface area contributed by atoms with Crippen LogP contribution < -0.4 is 26.2 Å². The van der Waals surface area contributed by atoms with Gasteiger partial charge in [0.25, 0.3) is 5.56 Å². The van der Waals surface area contributed by atoms with Crippen molar-refractivity contribution >= 4 is 18.6 Å². The summed E-state index contributed by atoms with van der Waals surface area (Å²) in [6.07, 6.45) is 3.97. The molecule has 0 saturated heterocycles. The van der Waals surface area contributed by atoms with Gasteiger partial charge in [-0.25, -0.2) is 4.39 Å². The van der Waals surface area contributed by atoms with E-state index in [2.05, 4.69) is 16.9 Å². The number of amidine groups is 1. The Morgan fingerprint density at radius 3 is 2.80 bits per heavy atom. The van der Waals surface area contributed by atoms with Crippen LogP contribution in [0.2, 0.25) is 0 Å². The maximum atomic E-state index is 13.8. The first-order chi connectivity index (χ1) is 12.0. The normalized spacial score (nSPS) is 15.3. The van der Waals surface area contributed by atoms with Crippen molar-refractivity contribution in [3.05, 3.63) is 57.1 Å². The van der Waals surface area contributed by atoms with Gasteiger partial charge in [0.2, 0.25) is 0 Å². The van der Waals surface area contributed by atoms with E-state index in [0.29, 0.717) is 16.6 Å². The van der Waals surface area contributed by atoms with Gasteiger partial charge in [-0.3, -0.25) is 9.79 Å². The first kappa shape index (κ1) is 17.0. The van der Waals surface area contributed by atoms with Crippen LogP contribution in [0, 0.1) is 5.82 Å². The monoisotopic (exact) mass is 341 g/mol. The van der Waals surface area contributed by atoms with Gasteiger partial charge >= 0.3 is 0 Å². The fourth-order valence-electron chi connectivity index (χ4n) is 2.31. The smallest absolute Gasteiger partial charge is 0.293 e. The summed E-state index contributed by atoms with van der Waals surface area (Å²) in [7, 11) is 1.60. The van der Waals surface area contributed by atoms with Crippen molar-refractivity contribution in [1.82, 2.24) is 9.88 Å². The van der Waals surface area contributed by atoms with Gasteiger partial charge in [0.05, 0.1) is 11.9 Å². The average molecular weight is 341 g/mol. The Balaban J connectivity index is 1.97. The third-order valence-corrected chi connectivity index (χ3v) is 3.96. The molecule has 1 aliphatic rings. The minimum absolute atomic E-state index is 0.00166. The summed E-state index contributed by atoms with van der Waals surface area (Å²) in [5.41, 5.74) is -0.381. The van der Waals surface area contributed by atoms with Crippen molar-refractivity contribution < 1.29 is 9.13 Å². The Morgan fingerprint density at radius 1 is 1.40 bits per heavy atom. The Morgan fingerprint density at radius 2 is 2.12 bits per heavy atom. The molecule has 1 fully saturated rings. The van der Waals surface area contributed by atoms with E-state index in [1.807, 2.05) is 6.92 Å². The first-order valence-corrected chi connectivity index (χ1v) is 8.08. The second kappa shape index (κ2) is 6.93. The van der Waals surface area contributed by atoms with E-state index in [1.165, 1.54) is 16.7 Å². The summed E-state index contributed by atoms with van der Waals surface area (Å²) in [4.78, 5) is 16.8. The van der Waals surface area contributed by atoms with E-state index in [1.54, 1.807) is 31.4 Å². The average Bonchev–Trinajstić information content (AvgIpc) is 3.40. The molecule has 0 atom stereocenters. The van der Waals surface area contributed by atoms with Crippen molar-refractivity contribution in [3.8, 4) is 11.5 Å². The maximum absolute atomic E-state index is 13.8. The molecule has 2 aromatic rings. The highest BCUT2D eigenvalue weighted by Gasteiger charge is 2.19. The fraction of sp³-hybridized carbons (Fsp3) is 0.263. The van der Waals surface area contributed by atoms with E-state index in [4.69, 9.17) is 4.74 Å². The van der Waals surface area contributed by atoms with Crippen molar-refractivity contribution in [3.63, 3.8) is 0 Å². The lowest BCUT2D eigenvalue weighted by molar-refractivity contribution is 0.432. The summed E-state index contributed by atoms with van der Waals surface area (Å²) >= 11 is 0. The Labute approximate surface area is 144 Å². The lowest BCUT2D eigenvalue weighted by Gasteiger charge is -2.09. The minimum Gasteiger partial charge on any atom is -0.448 e. The summed E-state index contributed by atoms with van der Waals surface area (Å²) in [5, 5.41) is 4.29. The molecule has 130 valence electrons. The maximum Gasteiger partial charge on any atom is 0.293 e. The molecule has 6 heteroatoms. The van der Waals surface area contributed by atoms with Crippen LogP contribution in [0.1, 0.15) is 19.8 Å². The van der Waals surface area contributed by atoms with Gasteiger partial charge in [-0.1, -0.05) is 18.7 Å². The standard InChI is InChI=1S/C19H20FN3O2/c1-12-14(11-21-13(2)22-15-8-9-15)10-18(19(24)23(12)3)25-17-7-5-4-6-16(17)20/h4-7,10-11,15H,1,8-9H2,2-3H3,(H,21,22)/b14-11-. The molecule has 25 heavy (non-hydrogen) atoms. The third-order valence-electron chi connectivity index (χ3n) is 3.96. The molecule has 1 saturated carbocycles. The Hall–Kier alpha value is -2.89. The number of halogens is 1. The van der Waals surface area contributed by atoms with Crippen molar-refractivity contribution in [2.24, 2.45) is 12.0 Å². The second-order valence-electron chi connectivity index (χ2n) is 6.04. The SMILES string of the molecule is C=c1/c(=C\NC(C)=NC2CC2)cc(Oc2ccccc2F)c(=O)n1C. The summed E-state index contributed by atoms with van der Waals surface area (Å²) in [6, 6.07) is 7.92. The molecule has 5 nitrogen and oxygen atoms in total. The van der Waals surface area contributed by atoms with Crippen molar-refractivity contribution in [1.29, 1.82) is 0 Å². The predicted octanol–water partition coefficient (Wildman–Crippen LogP) is 1.64. The lowest BCUT2D eigenvalue weighted by Crippen LogP contribution is -2.42. The van der Waals surface area contributed by atoms with Crippen LogP contribution in [0.4, 0.5) is 4.39 Å². The topological polar surface area (TPSA) is 55.6 Å². The number of pyridine rings is 1. The van der Waals surface area contributed by atoms with Crippen LogP contribution in [-0.4, -0.2) is 16.4 Å². The van der Waals surface area contributed by atoms with Gasteiger partial charge in [-0.2, -0.15) is 0 Å². The van der Waals surface area contributed by atoms with Crippen LogP contribution in [0.5, 0.6) is 11.5 Å². The van der Waals surface area contributed by atoms with Crippen LogP contribution in [0.3, 0.4) is 0 Å². The largest absolute Gasteiger partial charge is 0.448 e. The van der Waals surface area contributed by atoms with E-state index in [9.17, 15) is 9.18 Å². The first-order valence-electron chi connectivity index (χ1n) is 8.08. The molecule has 0 unspecified atom stereocenters. The van der Waals surface area contributed by atoms with E-state index >= 15 is 0 Å². The number of benzene rings is 1. The zero-order valence-corrected chi connectivity index (χ0v) is 14.3. The molecule has 0 amide bonds. The number of para-hydroxylation sites is 1. The zero-order chi connectivity index (χ0) is 18.0. The van der Waals surface area contributed by atoms with Gasteiger partial charge in [-0.05, 0) is 38.0 Å². The lowest BCUT2D eigenvalue weighted by atomic mass is 10.3. The molecule has 0 spiro atoms. The number of hydrogen-bond donors (Lipinski definition) is 1. The number of ether oxygens (including phenoxy) is 1. The molecule has 0 radical (unpaired) electrons. The van der Waals surface area contributed by atoms with Gasteiger partial charge in [0, 0.05) is 23.8 Å². The number of nitrogens with one attached hydrogen (secondary N) is 1. The highest BCUT2D eigenvalue weighted by atomic mass is 19.1. The number of aliphatic imine (C=N–C) groups is 1. The highest BCUT2D eigenvalue weighted by molar-refractivity contribution is 5.83. The summed E-state index contributed by atoms with van der Waals surface area (Å²) in [6.45, 7) is 5.81. The fourth-order valence-corrected chi connectivity index (χ4v) is 2.31. The van der Waals surface area contributed by atoms with Gasteiger partial charge in [0.1, 0.15) is 0 Å². The zero-order valence-electron chi connectivity index (χ0n) is 14.3. The van der Waals surface area contributed by atoms with Gasteiger partial charge in [-0.15, -0.1) is 0 Å².